The molecule has 0 fully saturated rings. The van der Waals surface area contributed by atoms with Gasteiger partial charge in [0.1, 0.15) is 10.7 Å². The maximum atomic E-state index is 12.9. The van der Waals surface area contributed by atoms with Crippen molar-refractivity contribution >= 4 is 92.8 Å². The van der Waals surface area contributed by atoms with Crippen LogP contribution in [0.2, 0.25) is 20.1 Å². The van der Waals surface area contributed by atoms with Gasteiger partial charge in [0.25, 0.3) is 17.7 Å². The van der Waals surface area contributed by atoms with Crippen LogP contribution in [0, 0.1) is 0 Å². The Morgan fingerprint density at radius 1 is 0.794 bits per heavy atom. The van der Waals surface area contributed by atoms with E-state index in [2.05, 4.69) is 10.6 Å². The van der Waals surface area contributed by atoms with E-state index in [-0.39, 0.29) is 26.5 Å². The van der Waals surface area contributed by atoms with Crippen LogP contribution in [0.3, 0.4) is 0 Å². The molecular formula is C23H12Cl5N3O3. The molecule has 0 radical (unpaired) electrons. The third-order valence-corrected chi connectivity index (χ3v) is 6.50. The molecule has 34 heavy (non-hydrogen) atoms. The summed E-state index contributed by atoms with van der Waals surface area (Å²) in [6.45, 7) is 0. The summed E-state index contributed by atoms with van der Waals surface area (Å²) in [6, 6.07) is 15.4. The summed E-state index contributed by atoms with van der Waals surface area (Å²) in [7, 11) is 0. The highest BCUT2D eigenvalue weighted by atomic mass is 35.5. The molecular weight excluding hydrogens is 544 g/mol. The lowest BCUT2D eigenvalue weighted by Crippen LogP contribution is -2.32. The van der Waals surface area contributed by atoms with E-state index >= 15 is 0 Å². The van der Waals surface area contributed by atoms with E-state index in [1.807, 2.05) is 0 Å². The first-order chi connectivity index (χ1) is 16.2. The minimum absolute atomic E-state index is 0.120. The lowest BCUT2D eigenvalue weighted by Gasteiger charge is -2.16. The van der Waals surface area contributed by atoms with Crippen molar-refractivity contribution in [2.75, 3.05) is 15.5 Å². The second-order valence-electron chi connectivity index (χ2n) is 6.99. The van der Waals surface area contributed by atoms with E-state index < -0.39 is 17.7 Å². The number of carbonyl (C=O) groups excluding carboxylic acids is 3. The molecule has 172 valence electrons. The molecule has 1 heterocycles. The highest BCUT2D eigenvalue weighted by Gasteiger charge is 2.39. The van der Waals surface area contributed by atoms with Gasteiger partial charge in [-0.15, -0.1) is 0 Å². The number of nitrogens with zero attached hydrogens (tertiary/aromatic N) is 1. The molecule has 11 heteroatoms. The number of benzene rings is 3. The number of amides is 3. The fourth-order valence-electron chi connectivity index (χ4n) is 3.14. The van der Waals surface area contributed by atoms with Crippen molar-refractivity contribution in [3.63, 3.8) is 0 Å². The molecule has 2 N–H and O–H groups in total. The average molecular weight is 556 g/mol. The Bertz CT molecular complexity index is 1370. The van der Waals surface area contributed by atoms with Crippen LogP contribution < -0.4 is 15.5 Å². The Balaban J connectivity index is 1.50. The van der Waals surface area contributed by atoms with E-state index in [0.717, 1.165) is 4.90 Å². The number of imide groups is 1. The summed E-state index contributed by atoms with van der Waals surface area (Å²) in [5, 5.41) is 6.23. The molecule has 6 nitrogen and oxygen atoms in total. The molecule has 0 atom stereocenters. The van der Waals surface area contributed by atoms with Crippen molar-refractivity contribution in [1.82, 2.24) is 0 Å². The van der Waals surface area contributed by atoms with Gasteiger partial charge in [-0.2, -0.15) is 0 Å². The van der Waals surface area contributed by atoms with Gasteiger partial charge >= 0.3 is 0 Å². The largest absolute Gasteiger partial charge is 0.350 e. The average Bonchev–Trinajstić information content (AvgIpc) is 3.01. The smallest absolute Gasteiger partial charge is 0.283 e. The molecule has 3 aromatic carbocycles. The van der Waals surface area contributed by atoms with Crippen molar-refractivity contribution in [2.24, 2.45) is 0 Å². The zero-order chi connectivity index (χ0) is 24.6. The highest BCUT2D eigenvalue weighted by molar-refractivity contribution is 6.54. The molecule has 3 amide bonds. The van der Waals surface area contributed by atoms with Gasteiger partial charge in [-0.25, -0.2) is 4.90 Å². The number of nitrogens with one attached hydrogen (secondary N) is 2. The Morgan fingerprint density at radius 3 is 2.18 bits per heavy atom. The number of rotatable bonds is 5. The van der Waals surface area contributed by atoms with Crippen molar-refractivity contribution in [3.05, 3.63) is 97.0 Å². The van der Waals surface area contributed by atoms with Gasteiger partial charge in [-0.3, -0.25) is 14.4 Å². The van der Waals surface area contributed by atoms with Crippen LogP contribution in [0.15, 0.2) is 71.4 Å². The third kappa shape index (κ3) is 4.73. The highest BCUT2D eigenvalue weighted by Crippen LogP contribution is 2.35. The lowest BCUT2D eigenvalue weighted by atomic mass is 10.2. The van der Waals surface area contributed by atoms with E-state index in [0.29, 0.717) is 27.0 Å². The maximum Gasteiger partial charge on any atom is 0.283 e. The Kier molecular flexibility index (Phi) is 7.07. The summed E-state index contributed by atoms with van der Waals surface area (Å²) < 4.78 is 0. The molecule has 0 unspecified atom stereocenters. The molecule has 1 aliphatic heterocycles. The fourth-order valence-corrected chi connectivity index (χ4v) is 4.19. The molecule has 0 bridgehead atoms. The SMILES string of the molecule is O=C(Nc1cccc(Cl)c1Cl)c1ccc(NC2=C(Cl)C(=O)N(c3ccc(Cl)cc3Cl)C2=O)cc1. The lowest BCUT2D eigenvalue weighted by molar-refractivity contribution is -0.120. The molecule has 0 spiro atoms. The van der Waals surface area contributed by atoms with Crippen LogP contribution in [-0.2, 0) is 9.59 Å². The van der Waals surface area contributed by atoms with Crippen LogP contribution in [-0.4, -0.2) is 17.7 Å². The predicted octanol–water partition coefficient (Wildman–Crippen LogP) is 6.99. The Hall–Kier alpha value is -2.74. The number of anilines is 3. The Morgan fingerprint density at radius 2 is 1.50 bits per heavy atom. The van der Waals surface area contributed by atoms with E-state index in [1.165, 1.54) is 30.3 Å². The first-order valence-corrected chi connectivity index (χ1v) is 11.4. The van der Waals surface area contributed by atoms with Gasteiger partial charge in [0.05, 0.1) is 26.4 Å². The van der Waals surface area contributed by atoms with Crippen molar-refractivity contribution in [1.29, 1.82) is 0 Å². The van der Waals surface area contributed by atoms with Crippen molar-refractivity contribution in [2.45, 2.75) is 0 Å². The zero-order valence-corrected chi connectivity index (χ0v) is 20.6. The number of carbonyl (C=O) groups is 3. The minimum atomic E-state index is -0.729. The topological polar surface area (TPSA) is 78.5 Å². The first-order valence-electron chi connectivity index (χ1n) is 9.53. The summed E-state index contributed by atoms with van der Waals surface area (Å²) in [5.41, 5.74) is 1.15. The molecule has 0 saturated carbocycles. The number of hydrogen-bond donors (Lipinski definition) is 2. The van der Waals surface area contributed by atoms with E-state index in [1.54, 1.807) is 30.3 Å². The summed E-state index contributed by atoms with van der Waals surface area (Å²) in [4.78, 5) is 39.0. The standard InChI is InChI=1S/C23H12Cl5N3O3/c24-12-6-9-17(15(26)10-12)31-22(33)19(28)20(23(31)34)29-13-7-4-11(5-8-13)21(32)30-16-3-1-2-14(25)18(16)27/h1-10,29H,(H,30,32). The predicted molar refractivity (Wildman–Crippen MR) is 136 cm³/mol. The summed E-state index contributed by atoms with van der Waals surface area (Å²) >= 11 is 30.3. The van der Waals surface area contributed by atoms with Crippen LogP contribution in [0.4, 0.5) is 17.1 Å². The molecule has 0 aliphatic carbocycles. The van der Waals surface area contributed by atoms with Crippen molar-refractivity contribution < 1.29 is 14.4 Å². The van der Waals surface area contributed by atoms with Gasteiger partial charge in [0.15, 0.2) is 0 Å². The summed E-state index contributed by atoms with van der Waals surface area (Å²) in [5.74, 6) is -1.83. The van der Waals surface area contributed by atoms with Gasteiger partial charge in [0.2, 0.25) is 0 Å². The third-order valence-electron chi connectivity index (χ3n) is 4.79. The molecule has 1 aliphatic rings. The summed E-state index contributed by atoms with van der Waals surface area (Å²) in [6.07, 6.45) is 0. The molecule has 3 aromatic rings. The minimum Gasteiger partial charge on any atom is -0.350 e. The molecule has 0 aromatic heterocycles. The van der Waals surface area contributed by atoms with Crippen molar-refractivity contribution in [3.8, 4) is 0 Å². The normalized spacial score (nSPS) is 13.5. The molecule has 0 saturated heterocycles. The quantitative estimate of drug-likeness (QED) is 0.333. The molecule has 4 rings (SSSR count). The number of hydrogen-bond acceptors (Lipinski definition) is 4. The fraction of sp³-hybridized carbons (Fsp3) is 0. The van der Waals surface area contributed by atoms with Crippen LogP contribution in [0.25, 0.3) is 0 Å². The second kappa shape index (κ2) is 9.86. The number of halogens is 5. The van der Waals surface area contributed by atoms with Gasteiger partial charge in [-0.05, 0) is 54.6 Å². The monoisotopic (exact) mass is 553 g/mol. The van der Waals surface area contributed by atoms with Gasteiger partial charge in [-0.1, -0.05) is 64.1 Å². The van der Waals surface area contributed by atoms with E-state index in [9.17, 15) is 14.4 Å². The Labute approximate surface area is 219 Å². The zero-order valence-electron chi connectivity index (χ0n) is 16.8. The first kappa shape index (κ1) is 24.4. The van der Waals surface area contributed by atoms with Crippen LogP contribution in [0.1, 0.15) is 10.4 Å². The maximum absolute atomic E-state index is 12.9. The van der Waals surface area contributed by atoms with Gasteiger partial charge < -0.3 is 10.6 Å². The van der Waals surface area contributed by atoms with Crippen LogP contribution >= 0.6 is 58.0 Å². The van der Waals surface area contributed by atoms with Crippen LogP contribution in [0.5, 0.6) is 0 Å². The van der Waals surface area contributed by atoms with Gasteiger partial charge in [0, 0.05) is 16.3 Å². The second-order valence-corrected chi connectivity index (χ2v) is 9.00. The van der Waals surface area contributed by atoms with E-state index in [4.69, 9.17) is 58.0 Å².